The van der Waals surface area contributed by atoms with Crippen LogP contribution in [0.1, 0.15) is 99.8 Å². The average Bonchev–Trinajstić information content (AvgIpc) is 1.57. The van der Waals surface area contributed by atoms with Crippen molar-refractivity contribution < 1.29 is 111 Å². The minimum Gasteiger partial charge on any atom is -0.492 e. The van der Waals surface area contributed by atoms with Crippen LogP contribution in [0.3, 0.4) is 0 Å². The molecule has 0 bridgehead atoms. The number of amides is 3. The van der Waals surface area contributed by atoms with E-state index in [9.17, 15) is 99.4 Å². The summed E-state index contributed by atoms with van der Waals surface area (Å²) in [6.45, 7) is 4.57. The van der Waals surface area contributed by atoms with Gasteiger partial charge in [-0.2, -0.15) is 13.2 Å². The number of hydrogen-bond acceptors (Lipinski definition) is 19. The molecule has 12 aromatic heterocycles. The van der Waals surface area contributed by atoms with Gasteiger partial charge in [0.05, 0.1) is 145 Å². The second-order valence-corrected chi connectivity index (χ2v) is 39.2. The fourth-order valence-corrected chi connectivity index (χ4v) is 19.3. The Morgan fingerprint density at radius 3 is 1.34 bits per heavy atom. The van der Waals surface area contributed by atoms with Gasteiger partial charge >= 0.3 is 12.1 Å². The van der Waals surface area contributed by atoms with Crippen LogP contribution >= 0.6 is 0 Å². The van der Waals surface area contributed by atoms with Crippen molar-refractivity contribution in [1.29, 1.82) is 0 Å². The standard InChI is InChI=1S/C25H14F4N4O4.2C25H19F2N3O5S.C25H21F2N3O5S/c26-14-9-17-19(21-12(14)5-7-37-21)18(13-2-1-6-30-22(13)34)20(23(35)36)33(17)10-11-3-4-15-16(8-11)32-24(31-15)25(27,28)29;1-13-5-3-6-14(21(13)27)12-30-18-11-17(26)15-8-10-35-23(15)20(18)19(16-7-4-9-28-24(16)31)22(30)25(32)29-36(2,33)34;1-13-10-14-5-8-19-21(23(14)35-13)20(17-4-3-9-28-24(17)31)22(25(32)29-36(2,33)34)30(19)12-15-11-16(26)6-7-18(15)27;1-13-12-35-23-16(13)6-8-19-21(23)20(17-4-3-9-28-24(17)31)22(25(32)29-36(2,33)34)30(19)11-14-10-15(26)5-7-18(14)27/h1-9H,10H2,(H,30,34)(H,31,32)(H,35,36);2*3-11H,12H2,1-2H3,(H,28,31)(H,29,32);3-10,13H,11-12H2,1-2H3,(H,28,31)(H,29,32)/t;;;13-/m...1/s1. The van der Waals surface area contributed by atoms with Crippen molar-refractivity contribution in [2.75, 3.05) is 25.4 Å². The summed E-state index contributed by atoms with van der Waals surface area (Å²) in [4.78, 5) is 120. The number of furan rings is 3. The maximum absolute atomic E-state index is 15.1. The third-order valence-electron chi connectivity index (χ3n) is 24.0. The lowest BCUT2D eigenvalue weighted by Gasteiger charge is -2.13. The Morgan fingerprint density at radius 2 is 0.890 bits per heavy atom. The number of aryl methyl sites for hydroxylation is 2. The first-order valence-corrected chi connectivity index (χ1v) is 49.0. The minimum atomic E-state index is -4.67. The Bertz CT molecular complexity index is 9430. The molecule has 13 heterocycles. The SMILES string of the molecule is C[C@@H]1COc2c1ccc1c2c(-c2ccc[nH]c2=O)c(C(=O)NS(C)(=O)=O)n1Cc1cc(F)ccc1F.Cc1cc2ccc3c(c(-c4ccc[nH]c4=O)c(C(=O)NS(C)(=O)=O)n3Cc3cc(F)ccc3F)c2o1.Cc1cccc(Cn2c(C(=O)NS(C)(=O)=O)c(-c3ccc[nH]c3=O)c3c4occc4c(F)cc32)c1F.O=C(O)c1c(-c2ccc[nH]c2=O)c2c3occc3c(F)cc2n1Cc1ccc2nc(C(F)(F)F)[nH]c2c1. The number of fused-ring (bicyclic) bond motifs is 13. The van der Waals surface area contributed by atoms with Crippen molar-refractivity contribution in [2.24, 2.45) is 0 Å². The van der Waals surface area contributed by atoms with E-state index in [4.69, 9.17) is 18.0 Å². The van der Waals surface area contributed by atoms with Crippen LogP contribution in [0.4, 0.5) is 43.9 Å². The Kier molecular flexibility index (Phi) is 25.4. The molecular weight excluding hydrogens is 1970 g/mol. The van der Waals surface area contributed by atoms with E-state index in [1.807, 2.05) is 27.2 Å². The number of hydrogen-bond donors (Lipinski definition) is 9. The normalized spacial score (nSPS) is 12.8. The first-order chi connectivity index (χ1) is 68.8. The van der Waals surface area contributed by atoms with Crippen molar-refractivity contribution in [1.82, 2.24) is 62.3 Å². The van der Waals surface area contributed by atoms with E-state index in [2.05, 4.69) is 29.9 Å². The molecule has 3 amide bonds. The minimum absolute atomic E-state index is 0.0222. The maximum atomic E-state index is 15.1. The van der Waals surface area contributed by atoms with Gasteiger partial charge in [-0.25, -0.2) is 79.9 Å². The van der Waals surface area contributed by atoms with Gasteiger partial charge < -0.3 is 66.3 Å². The van der Waals surface area contributed by atoms with Gasteiger partial charge in [0.25, 0.3) is 40.0 Å². The van der Waals surface area contributed by atoms with Crippen LogP contribution in [0.25, 0.3) is 132 Å². The highest BCUT2D eigenvalue weighted by molar-refractivity contribution is 7.89. The number of imidazole rings is 1. The number of carboxylic acid groups (broad SMARTS) is 1. The summed E-state index contributed by atoms with van der Waals surface area (Å²) in [5, 5.41) is 12.3. The van der Waals surface area contributed by atoms with Gasteiger partial charge in [0.15, 0.2) is 0 Å². The second-order valence-electron chi connectivity index (χ2n) is 33.9. The van der Waals surface area contributed by atoms with E-state index < -0.39 is 129 Å². The van der Waals surface area contributed by atoms with E-state index in [1.54, 1.807) is 62.4 Å². The molecule has 32 nitrogen and oxygen atoms in total. The monoisotopic (exact) mass is 2050 g/mol. The highest BCUT2D eigenvalue weighted by Gasteiger charge is 2.39. The van der Waals surface area contributed by atoms with Gasteiger partial charge in [-0.3, -0.25) is 33.6 Å². The molecule has 20 aromatic rings. The topological polar surface area (TPSA) is 456 Å². The van der Waals surface area contributed by atoms with Gasteiger partial charge in [0.1, 0.15) is 91.8 Å². The van der Waals surface area contributed by atoms with Crippen LogP contribution in [-0.4, -0.2) is 128 Å². The highest BCUT2D eigenvalue weighted by atomic mass is 32.2. The van der Waals surface area contributed by atoms with Crippen LogP contribution in [0.15, 0.2) is 246 Å². The van der Waals surface area contributed by atoms with Crippen LogP contribution in [-0.2, 0) is 62.4 Å². The third-order valence-corrected chi connectivity index (χ3v) is 25.6. The first-order valence-electron chi connectivity index (χ1n) is 43.3. The molecule has 0 unspecified atom stereocenters. The maximum Gasteiger partial charge on any atom is 0.449 e. The summed E-state index contributed by atoms with van der Waals surface area (Å²) >= 11 is 0. The number of sulfonamides is 3. The molecule has 1 aliphatic heterocycles. The number of carboxylic acids is 1. The number of carbonyl (C=O) groups excluding carboxylic acids is 3. The molecule has 1 aliphatic rings. The van der Waals surface area contributed by atoms with Gasteiger partial charge in [0.2, 0.25) is 35.9 Å². The zero-order valence-electron chi connectivity index (χ0n) is 75.9. The van der Waals surface area contributed by atoms with Crippen molar-refractivity contribution in [3.05, 3.63) is 363 Å². The lowest BCUT2D eigenvalue weighted by molar-refractivity contribution is -0.144. The van der Waals surface area contributed by atoms with Crippen molar-refractivity contribution >= 4 is 141 Å². The fourth-order valence-electron chi connectivity index (χ4n) is 18.0. The Morgan fingerprint density at radius 1 is 0.462 bits per heavy atom. The molecule has 0 aliphatic carbocycles. The Hall–Kier alpha value is -17.4. The molecule has 740 valence electrons. The summed E-state index contributed by atoms with van der Waals surface area (Å²) < 4.78 is 248. The van der Waals surface area contributed by atoms with E-state index in [0.717, 1.165) is 72.9 Å². The number of benzene rings is 8. The Labute approximate surface area is 808 Å². The summed E-state index contributed by atoms with van der Waals surface area (Å²) in [6.07, 6.45) is 5.91. The molecule has 8 aromatic carbocycles. The second kappa shape index (κ2) is 37.6. The summed E-state index contributed by atoms with van der Waals surface area (Å²) in [5.41, 5.74) is 0.612. The predicted molar refractivity (Wildman–Crippen MR) is 515 cm³/mol. The third kappa shape index (κ3) is 18.8. The van der Waals surface area contributed by atoms with Crippen molar-refractivity contribution in [3.63, 3.8) is 0 Å². The van der Waals surface area contributed by atoms with E-state index in [0.29, 0.717) is 62.0 Å². The number of nitrogens with zero attached hydrogens (tertiary/aromatic N) is 5. The lowest BCUT2D eigenvalue weighted by Crippen LogP contribution is -2.32. The first kappa shape index (κ1) is 97.8. The molecule has 145 heavy (non-hydrogen) atoms. The number of halogens is 10. The van der Waals surface area contributed by atoms with Crippen LogP contribution in [0.5, 0.6) is 5.75 Å². The molecule has 0 fully saturated rings. The van der Waals surface area contributed by atoms with E-state index >= 15 is 13.2 Å². The number of carbonyl (C=O) groups is 4. The molecule has 45 heteroatoms. The Balaban J connectivity index is 0.000000127. The smallest absolute Gasteiger partial charge is 0.449 e. The zero-order valence-corrected chi connectivity index (χ0v) is 78.3. The number of nitrogens with one attached hydrogen (secondary N) is 8. The van der Waals surface area contributed by atoms with E-state index in [1.165, 1.54) is 128 Å². The molecule has 9 N–H and O–H groups in total. The van der Waals surface area contributed by atoms with Gasteiger partial charge in [-0.15, -0.1) is 0 Å². The van der Waals surface area contributed by atoms with Gasteiger partial charge in [0, 0.05) is 87.1 Å². The van der Waals surface area contributed by atoms with Gasteiger partial charge in [-0.1, -0.05) is 37.3 Å². The van der Waals surface area contributed by atoms with Crippen molar-refractivity contribution in [2.45, 2.75) is 59.0 Å². The number of aromatic carboxylic acids is 1. The van der Waals surface area contributed by atoms with Crippen molar-refractivity contribution in [3.8, 4) is 50.3 Å². The number of aromatic nitrogens is 10. The molecule has 0 radical (unpaired) electrons. The molecule has 0 saturated carbocycles. The van der Waals surface area contributed by atoms with Crippen LogP contribution < -0.4 is 41.1 Å². The number of H-pyrrole nitrogens is 5. The van der Waals surface area contributed by atoms with Gasteiger partial charge in [-0.05, 0) is 171 Å². The summed E-state index contributed by atoms with van der Waals surface area (Å²) in [6, 6.07) is 40.6. The summed E-state index contributed by atoms with van der Waals surface area (Å²) in [5.74, 6) is -9.31. The molecule has 0 saturated heterocycles. The van der Waals surface area contributed by atoms with E-state index in [-0.39, 0.29) is 171 Å². The number of ether oxygens (including phenoxy) is 1. The highest BCUT2D eigenvalue weighted by Crippen LogP contribution is 2.49. The average molecular weight is 2050 g/mol. The van der Waals surface area contributed by atoms with Crippen LogP contribution in [0, 0.1) is 54.6 Å². The number of aromatic amines is 5. The molecular formula is C100H73F10N13O19S3. The molecule has 21 rings (SSSR count). The molecule has 0 spiro atoms. The largest absolute Gasteiger partial charge is 0.492 e. The quantitative estimate of drug-likeness (QED) is 0.0340. The summed E-state index contributed by atoms with van der Waals surface area (Å²) in [7, 11) is -12.1. The predicted octanol–water partition coefficient (Wildman–Crippen LogP) is 17.2. The fraction of sp³-hybridized carbons (Fsp3) is 0.130. The number of pyridine rings is 4. The molecule has 1 atom stereocenters. The van der Waals surface area contributed by atoms with Crippen LogP contribution in [0.2, 0.25) is 0 Å². The number of alkyl halides is 3. The number of rotatable bonds is 19. The lowest BCUT2D eigenvalue weighted by atomic mass is 9.97. The zero-order chi connectivity index (χ0) is 103.